The van der Waals surface area contributed by atoms with Gasteiger partial charge in [-0.2, -0.15) is 0 Å². The molecule has 0 aromatic rings. The molecule has 6 nitrogen and oxygen atoms in total. The topological polar surface area (TPSA) is 138 Å². The molecule has 10 heteroatoms. The molecule has 0 atom stereocenters. The van der Waals surface area contributed by atoms with Gasteiger partial charge in [0, 0.05) is 37.7 Å². The van der Waals surface area contributed by atoms with E-state index in [2.05, 4.69) is 0 Å². The third-order valence-electron chi connectivity index (χ3n) is 0. The van der Waals surface area contributed by atoms with Crippen LogP contribution in [0.5, 0.6) is 0 Å². The Kier molecular flexibility index (Phi) is 41.4. The Bertz CT molecular complexity index is 31.2. The van der Waals surface area contributed by atoms with Crippen molar-refractivity contribution in [1.29, 1.82) is 0 Å². The summed E-state index contributed by atoms with van der Waals surface area (Å²) in [7, 11) is 0. The zero-order valence-corrected chi connectivity index (χ0v) is 9.82. The second-order valence-corrected chi connectivity index (χ2v) is 2.54. The molecule has 0 bridgehead atoms. The van der Waals surface area contributed by atoms with Crippen molar-refractivity contribution in [2.75, 3.05) is 0 Å². The minimum Gasteiger partial charge on any atom is -0.427 e. The first-order valence-electron chi connectivity index (χ1n) is 0.926. The summed E-state index contributed by atoms with van der Waals surface area (Å²) in [6.07, 6.45) is 0. The van der Waals surface area contributed by atoms with Gasteiger partial charge in [-0.15, -0.1) is 0 Å². The van der Waals surface area contributed by atoms with Crippen LogP contribution in [-0.4, -0.2) is 0 Å². The minimum absolute atomic E-state index is 0. The van der Waals surface area contributed by atoms with Crippen LogP contribution in [0.25, 0.3) is 0 Å². The Morgan fingerprint density at radius 2 is 0.600 bits per heavy atom. The van der Waals surface area contributed by atoms with Crippen molar-refractivity contribution >= 4 is 0 Å². The van der Waals surface area contributed by atoms with Gasteiger partial charge in [-0.25, -0.2) is 0 Å². The van der Waals surface area contributed by atoms with Gasteiger partial charge in [0.1, 0.15) is 0 Å². The first-order valence-corrected chi connectivity index (χ1v) is 6.21. The van der Waals surface area contributed by atoms with Crippen molar-refractivity contribution in [1.82, 2.24) is 0 Å². The first-order chi connectivity index (χ1) is 3.46. The fraction of sp³-hybridized carbons (Fsp3) is 0. The summed E-state index contributed by atoms with van der Waals surface area (Å²) >= 11 is -8.03. The van der Waals surface area contributed by atoms with Crippen LogP contribution in [0.4, 0.5) is 0 Å². The van der Waals surface area contributed by atoms with Crippen LogP contribution < -0.4 is 62.7 Å². The normalized spacial score (nSPS) is 7.20. The van der Waals surface area contributed by atoms with Gasteiger partial charge in [0.15, 0.2) is 0 Å². The zero-order valence-electron chi connectivity index (χ0n) is 3.86. The molecule has 0 aliphatic carbocycles. The van der Waals surface area contributed by atoms with Crippen LogP contribution in [-0.2, 0) is 17.1 Å². The molecule has 0 aromatic carbocycles. The maximum absolute atomic E-state index is 8.57. The Morgan fingerprint density at radius 1 is 0.600 bits per heavy atom. The van der Waals surface area contributed by atoms with E-state index in [1.165, 1.54) is 0 Å². The molecule has 0 heterocycles. The predicted octanol–water partition coefficient (Wildman–Crippen LogP) is -13.1. The van der Waals surface area contributed by atoms with E-state index in [-0.39, 0.29) is 54.8 Å². The molecule has 0 saturated carbocycles. The molecule has 0 N–H and O–H groups in total. The van der Waals surface area contributed by atoms with Gasteiger partial charge in [0.2, 0.25) is 0 Å². The molecule has 0 aliphatic rings. The largest absolute Gasteiger partial charge is 2.00 e. The van der Waals surface area contributed by atoms with Crippen molar-refractivity contribution < 1.29 is 118 Å². The van der Waals surface area contributed by atoms with E-state index in [1.807, 2.05) is 0 Å². The fourth-order valence-corrected chi connectivity index (χ4v) is 0. The number of halogens is 2. The van der Waals surface area contributed by atoms with E-state index in [1.54, 1.807) is 0 Å². The van der Waals surface area contributed by atoms with Crippen molar-refractivity contribution in [3.63, 3.8) is 0 Å². The maximum Gasteiger partial charge on any atom is 2.00 e. The van der Waals surface area contributed by atoms with Crippen molar-refractivity contribution in [2.45, 2.75) is 0 Å². The van der Waals surface area contributed by atoms with Crippen LogP contribution in [0.2, 0.25) is 0 Å². The van der Waals surface area contributed by atoms with E-state index in [4.69, 9.17) is 20.6 Å². The van der Waals surface area contributed by atoms with Gasteiger partial charge < -0.3 is 20.6 Å². The van der Waals surface area contributed by atoms with Crippen LogP contribution in [0.3, 0.4) is 0 Å². The average Bonchev–Trinajstić information content (AvgIpc) is 1.25. The van der Waals surface area contributed by atoms with E-state index in [0.717, 1.165) is 0 Å². The smallest absolute Gasteiger partial charge is 0.427 e. The molecule has 0 spiro atoms. The van der Waals surface area contributed by atoms with Crippen LogP contribution >= 0.6 is 0 Å². The third kappa shape index (κ3) is 122. The minimum atomic E-state index is -4.01. The molecule has 1 radical (unpaired) electrons. The molecule has 0 unspecified atom stereocenters. The summed E-state index contributed by atoms with van der Waals surface area (Å²) in [5.41, 5.74) is 0. The van der Waals surface area contributed by atoms with E-state index >= 15 is 0 Å². The number of hydrogen-bond donors (Lipinski definition) is 0. The maximum atomic E-state index is 8.57. The van der Waals surface area contributed by atoms with Crippen LogP contribution in [0, 0.1) is 37.7 Å². The quantitative estimate of drug-likeness (QED) is 0.264. The van der Waals surface area contributed by atoms with E-state index in [9.17, 15) is 0 Å². The van der Waals surface area contributed by atoms with E-state index < -0.39 is 42.1 Å². The van der Waals surface area contributed by atoms with Crippen LogP contribution in [0.1, 0.15) is 0 Å². The molecule has 0 aromatic heterocycles. The Balaban J connectivity index is -0.0000000300. The molecule has 0 rings (SSSR count). The number of rotatable bonds is 0. The summed E-state index contributed by atoms with van der Waals surface area (Å²) in [6.45, 7) is 0. The van der Waals surface area contributed by atoms with Gasteiger partial charge in [-0.05, 0) is 0 Å². The van der Waals surface area contributed by atoms with Gasteiger partial charge in [-0.1, -0.05) is 0 Å². The average molecular weight is 453 g/mol. The standard InChI is InChI=1S/Ar.Cu.2IO3/c;;2*2-1(3)4/q;+2;2*-1. The molecule has 0 saturated heterocycles. The molecule has 69 valence electrons. The van der Waals surface area contributed by atoms with E-state index in [0.29, 0.717) is 0 Å². The molecule has 10 heavy (non-hydrogen) atoms. The Hall–Kier alpha value is 3.00. The van der Waals surface area contributed by atoms with Crippen molar-refractivity contribution in [2.24, 2.45) is 0 Å². The molecular formula is ArCuI2O6. The first kappa shape index (κ1) is 23.1. The van der Waals surface area contributed by atoms with Gasteiger partial charge >= 0.3 is 17.1 Å². The fourth-order valence-electron chi connectivity index (χ4n) is 0. The molecule has 0 aliphatic heterocycles. The van der Waals surface area contributed by atoms with Crippen LogP contribution in [0.15, 0.2) is 0 Å². The second kappa shape index (κ2) is 17.9. The zero-order chi connectivity index (χ0) is 7.15. The Morgan fingerprint density at radius 3 is 0.600 bits per heavy atom. The van der Waals surface area contributed by atoms with Crippen molar-refractivity contribution in [3.05, 3.63) is 0 Å². The third-order valence-corrected chi connectivity index (χ3v) is 0. The van der Waals surface area contributed by atoms with Gasteiger partial charge in [0.05, 0.1) is 0 Å². The SMILES string of the molecule is [Ar].[Cu+2].[O-][I+2]([O-])[O-].[O-][I+2]([O-])[O-]. The second-order valence-electron chi connectivity index (χ2n) is 0.378. The molecular weight excluding hydrogens is 453 g/mol. The summed E-state index contributed by atoms with van der Waals surface area (Å²) in [5.74, 6) is 0. The summed E-state index contributed by atoms with van der Waals surface area (Å²) in [6, 6.07) is 0. The summed E-state index contributed by atoms with van der Waals surface area (Å²) in [5, 5.41) is 0. The molecule has 0 fully saturated rings. The number of hydrogen-bond acceptors (Lipinski definition) is 6. The summed E-state index contributed by atoms with van der Waals surface area (Å²) < 4.78 is 51.4. The van der Waals surface area contributed by atoms with Crippen molar-refractivity contribution in [3.8, 4) is 0 Å². The molecule has 0 amide bonds. The Labute approximate surface area is 115 Å². The van der Waals surface area contributed by atoms with Gasteiger partial charge in [-0.3, -0.25) is 0 Å². The van der Waals surface area contributed by atoms with Gasteiger partial charge in [0.25, 0.3) is 42.1 Å². The predicted molar refractivity (Wildman–Crippen MR) is 0 cm³/mol. The summed E-state index contributed by atoms with van der Waals surface area (Å²) in [4.78, 5) is 0. The monoisotopic (exact) mass is 453 g/mol.